The van der Waals surface area contributed by atoms with Crippen molar-refractivity contribution in [1.82, 2.24) is 9.78 Å². The lowest BCUT2D eigenvalue weighted by Gasteiger charge is -2.09. The Kier molecular flexibility index (Phi) is 7.22. The van der Waals surface area contributed by atoms with E-state index >= 15 is 0 Å². The minimum Gasteiger partial charge on any atom is -0.396 e. The van der Waals surface area contributed by atoms with Crippen LogP contribution in [0, 0.1) is 0 Å². The summed E-state index contributed by atoms with van der Waals surface area (Å²) in [4.78, 5) is 11.8. The molecule has 1 aromatic rings. The number of rotatable bonds is 9. The SMILES string of the molecule is C=CCn1ncc(NCCCCCCO)c(Cl)c1=O. The molecule has 1 rings (SSSR count). The normalized spacial score (nSPS) is 10.4. The first-order valence-electron chi connectivity index (χ1n) is 6.42. The maximum absolute atomic E-state index is 11.8. The molecule has 0 unspecified atom stereocenters. The van der Waals surface area contributed by atoms with Crippen LogP contribution in [-0.2, 0) is 6.54 Å². The van der Waals surface area contributed by atoms with Gasteiger partial charge in [-0.2, -0.15) is 5.10 Å². The second-order valence-electron chi connectivity index (χ2n) is 4.21. The molecule has 6 heteroatoms. The highest BCUT2D eigenvalue weighted by Gasteiger charge is 2.07. The van der Waals surface area contributed by atoms with Gasteiger partial charge in [0.15, 0.2) is 0 Å². The first kappa shape index (κ1) is 15.7. The molecule has 0 aliphatic rings. The van der Waals surface area contributed by atoms with Gasteiger partial charge >= 0.3 is 0 Å². The van der Waals surface area contributed by atoms with Crippen molar-refractivity contribution in [3.8, 4) is 0 Å². The van der Waals surface area contributed by atoms with Crippen LogP contribution in [0.2, 0.25) is 5.02 Å². The molecule has 0 fully saturated rings. The lowest BCUT2D eigenvalue weighted by Crippen LogP contribution is -2.23. The second-order valence-corrected chi connectivity index (χ2v) is 4.59. The van der Waals surface area contributed by atoms with Crippen LogP contribution in [0.25, 0.3) is 0 Å². The van der Waals surface area contributed by atoms with E-state index < -0.39 is 0 Å². The first-order chi connectivity index (χ1) is 9.20. The molecule has 0 amide bonds. The summed E-state index contributed by atoms with van der Waals surface area (Å²) in [5.74, 6) is 0. The molecule has 0 saturated heterocycles. The van der Waals surface area contributed by atoms with Crippen molar-refractivity contribution in [2.24, 2.45) is 0 Å². The Labute approximate surface area is 117 Å². The number of nitrogens with one attached hydrogen (secondary N) is 1. The number of nitrogens with zero attached hydrogens (tertiary/aromatic N) is 2. The van der Waals surface area contributed by atoms with E-state index in [1.807, 2.05) is 0 Å². The Hall–Kier alpha value is -1.33. The highest BCUT2D eigenvalue weighted by Crippen LogP contribution is 2.15. The molecule has 5 nitrogen and oxygen atoms in total. The maximum Gasteiger partial charge on any atom is 0.287 e. The molecule has 0 bridgehead atoms. The van der Waals surface area contributed by atoms with Crippen molar-refractivity contribution < 1.29 is 5.11 Å². The summed E-state index contributed by atoms with van der Waals surface area (Å²) in [6.45, 7) is 4.88. The zero-order valence-electron chi connectivity index (χ0n) is 10.9. The van der Waals surface area contributed by atoms with E-state index in [-0.39, 0.29) is 17.2 Å². The number of hydrogen-bond acceptors (Lipinski definition) is 4. The van der Waals surface area contributed by atoms with Crippen molar-refractivity contribution in [1.29, 1.82) is 0 Å². The van der Waals surface area contributed by atoms with Gasteiger partial charge in [0.25, 0.3) is 5.56 Å². The Balaban J connectivity index is 2.48. The molecule has 0 spiro atoms. The predicted octanol–water partition coefficient (Wildman–Crippen LogP) is 2.05. The van der Waals surface area contributed by atoms with Crippen LogP contribution in [0.5, 0.6) is 0 Å². The highest BCUT2D eigenvalue weighted by atomic mass is 35.5. The van der Waals surface area contributed by atoms with Gasteiger partial charge in [-0.15, -0.1) is 6.58 Å². The summed E-state index contributed by atoms with van der Waals surface area (Å²) in [5, 5.41) is 15.9. The van der Waals surface area contributed by atoms with Crippen LogP contribution >= 0.6 is 11.6 Å². The molecule has 2 N–H and O–H groups in total. The fraction of sp³-hybridized carbons (Fsp3) is 0.538. The summed E-state index contributed by atoms with van der Waals surface area (Å²) in [5.41, 5.74) is 0.251. The molecule has 0 saturated carbocycles. The number of anilines is 1. The third kappa shape index (κ3) is 5.04. The monoisotopic (exact) mass is 285 g/mol. The molecule has 0 radical (unpaired) electrons. The minimum atomic E-state index is -0.313. The first-order valence-corrected chi connectivity index (χ1v) is 6.79. The standard InChI is InChI=1S/C13H20ClN3O2/c1-2-8-17-13(19)12(14)11(10-16-17)15-7-5-3-4-6-9-18/h2,10,15,18H,1,3-9H2. The summed E-state index contributed by atoms with van der Waals surface area (Å²) < 4.78 is 1.27. The van der Waals surface area contributed by atoms with Crippen LogP contribution in [-0.4, -0.2) is 28.0 Å². The average molecular weight is 286 g/mol. The zero-order chi connectivity index (χ0) is 14.1. The molecule has 0 aliphatic heterocycles. The second kappa shape index (κ2) is 8.72. The molecule has 106 valence electrons. The van der Waals surface area contributed by atoms with Gasteiger partial charge in [0.05, 0.1) is 18.4 Å². The number of aliphatic hydroxyl groups is 1. The van der Waals surface area contributed by atoms with E-state index in [0.717, 1.165) is 32.2 Å². The third-order valence-electron chi connectivity index (χ3n) is 2.69. The van der Waals surface area contributed by atoms with Gasteiger partial charge in [0.2, 0.25) is 0 Å². The van der Waals surface area contributed by atoms with Crippen molar-refractivity contribution >= 4 is 17.3 Å². The van der Waals surface area contributed by atoms with E-state index in [1.54, 1.807) is 12.3 Å². The fourth-order valence-electron chi connectivity index (χ4n) is 1.65. The smallest absolute Gasteiger partial charge is 0.287 e. The van der Waals surface area contributed by atoms with Gasteiger partial charge in [-0.05, 0) is 12.8 Å². The van der Waals surface area contributed by atoms with Gasteiger partial charge in [-0.3, -0.25) is 4.79 Å². The highest BCUT2D eigenvalue weighted by molar-refractivity contribution is 6.32. The Bertz CT molecular complexity index is 460. The lowest BCUT2D eigenvalue weighted by molar-refractivity contribution is 0.283. The van der Waals surface area contributed by atoms with Gasteiger partial charge in [0.1, 0.15) is 5.02 Å². The molecule has 0 aromatic carbocycles. The topological polar surface area (TPSA) is 67.2 Å². The van der Waals surface area contributed by atoms with Crippen LogP contribution < -0.4 is 10.9 Å². The molecule has 1 heterocycles. The quantitative estimate of drug-likeness (QED) is 0.538. The number of aromatic nitrogens is 2. The largest absolute Gasteiger partial charge is 0.396 e. The lowest BCUT2D eigenvalue weighted by atomic mass is 10.2. The summed E-state index contributed by atoms with van der Waals surface area (Å²) in [7, 11) is 0. The Morgan fingerprint density at radius 2 is 2.16 bits per heavy atom. The molecule has 19 heavy (non-hydrogen) atoms. The van der Waals surface area contributed by atoms with Crippen LogP contribution in [0.1, 0.15) is 25.7 Å². The number of hydrogen-bond donors (Lipinski definition) is 2. The molecular weight excluding hydrogens is 266 g/mol. The van der Waals surface area contributed by atoms with Crippen LogP contribution in [0.3, 0.4) is 0 Å². The Morgan fingerprint density at radius 3 is 2.84 bits per heavy atom. The summed E-state index contributed by atoms with van der Waals surface area (Å²) in [6.07, 6.45) is 6.99. The van der Waals surface area contributed by atoms with Crippen molar-refractivity contribution in [2.75, 3.05) is 18.5 Å². The number of unbranched alkanes of at least 4 members (excludes halogenated alkanes) is 3. The van der Waals surface area contributed by atoms with E-state index in [2.05, 4.69) is 17.0 Å². The summed E-state index contributed by atoms with van der Waals surface area (Å²) in [6, 6.07) is 0. The minimum absolute atomic E-state index is 0.159. The Morgan fingerprint density at radius 1 is 1.42 bits per heavy atom. The van der Waals surface area contributed by atoms with E-state index in [9.17, 15) is 4.79 Å². The van der Waals surface area contributed by atoms with Crippen LogP contribution in [0.15, 0.2) is 23.6 Å². The van der Waals surface area contributed by atoms with Gasteiger partial charge < -0.3 is 10.4 Å². The van der Waals surface area contributed by atoms with Crippen molar-refractivity contribution in [3.05, 3.63) is 34.2 Å². The number of aliphatic hydroxyl groups excluding tert-OH is 1. The number of allylic oxidation sites excluding steroid dienone is 1. The van der Waals surface area contributed by atoms with Gasteiger partial charge in [-0.1, -0.05) is 30.5 Å². The van der Waals surface area contributed by atoms with Crippen molar-refractivity contribution in [2.45, 2.75) is 32.2 Å². The van der Waals surface area contributed by atoms with E-state index in [1.165, 1.54) is 4.68 Å². The van der Waals surface area contributed by atoms with Crippen LogP contribution in [0.4, 0.5) is 5.69 Å². The molecule has 0 aliphatic carbocycles. The van der Waals surface area contributed by atoms with E-state index in [4.69, 9.17) is 16.7 Å². The molecule has 1 aromatic heterocycles. The maximum atomic E-state index is 11.8. The van der Waals surface area contributed by atoms with Gasteiger partial charge in [-0.25, -0.2) is 4.68 Å². The predicted molar refractivity (Wildman–Crippen MR) is 77.7 cm³/mol. The summed E-state index contributed by atoms with van der Waals surface area (Å²) >= 11 is 5.99. The fourth-order valence-corrected chi connectivity index (χ4v) is 1.87. The van der Waals surface area contributed by atoms with Gasteiger partial charge in [0, 0.05) is 13.2 Å². The van der Waals surface area contributed by atoms with Crippen molar-refractivity contribution in [3.63, 3.8) is 0 Å². The number of halogens is 1. The zero-order valence-corrected chi connectivity index (χ0v) is 11.7. The van der Waals surface area contributed by atoms with E-state index in [0.29, 0.717) is 12.2 Å². The third-order valence-corrected chi connectivity index (χ3v) is 3.05. The molecular formula is C13H20ClN3O2. The molecule has 0 atom stereocenters. The average Bonchev–Trinajstić information content (AvgIpc) is 2.41.